The van der Waals surface area contributed by atoms with Gasteiger partial charge in [0, 0.05) is 18.8 Å². The van der Waals surface area contributed by atoms with Crippen LogP contribution in [0.4, 0.5) is 0 Å². The lowest BCUT2D eigenvalue weighted by atomic mass is 9.88. The molecule has 0 saturated carbocycles. The molecule has 2 aromatic rings. The number of piperidine rings is 1. The fourth-order valence-electron chi connectivity index (χ4n) is 2.87. The van der Waals surface area contributed by atoms with E-state index in [-0.39, 0.29) is 17.7 Å². The lowest BCUT2D eigenvalue weighted by Crippen LogP contribution is -2.42. The van der Waals surface area contributed by atoms with Gasteiger partial charge in [-0.25, -0.2) is 0 Å². The van der Waals surface area contributed by atoms with Gasteiger partial charge < -0.3 is 0 Å². The molecule has 0 radical (unpaired) electrons. The molecule has 0 aliphatic carbocycles. The van der Waals surface area contributed by atoms with Crippen molar-refractivity contribution in [3.8, 4) is 0 Å². The van der Waals surface area contributed by atoms with Gasteiger partial charge in [0.1, 0.15) is 0 Å². The third-order valence-electron chi connectivity index (χ3n) is 4.18. The van der Waals surface area contributed by atoms with Gasteiger partial charge in [0.15, 0.2) is 0 Å². The zero-order valence-corrected chi connectivity index (χ0v) is 12.7. The van der Waals surface area contributed by atoms with Crippen LogP contribution in [0.5, 0.6) is 0 Å². The minimum atomic E-state index is -0.0781. The number of rotatable bonds is 3. The Bertz CT molecular complexity index is 658. The van der Waals surface area contributed by atoms with Crippen molar-refractivity contribution in [2.24, 2.45) is 0 Å². The molecule has 0 aromatic heterocycles. The van der Waals surface area contributed by atoms with Crippen molar-refractivity contribution in [2.75, 3.05) is 0 Å². The van der Waals surface area contributed by atoms with Crippen molar-refractivity contribution < 1.29 is 9.59 Å². The quantitative estimate of drug-likeness (QED) is 0.813. The van der Waals surface area contributed by atoms with E-state index in [1.165, 1.54) is 10.5 Å². The standard InChI is InChI=1S/C19H19NO2/c1-14-7-9-16(10-8-14)17-11-18(21)20(19(22)12-17)13-15-5-3-2-4-6-15/h2-10,17H,11-13H2,1H3. The maximum absolute atomic E-state index is 12.4. The van der Waals surface area contributed by atoms with Crippen molar-refractivity contribution in [3.05, 3.63) is 71.3 Å². The Morgan fingerprint density at radius 1 is 0.909 bits per heavy atom. The summed E-state index contributed by atoms with van der Waals surface area (Å²) in [5, 5.41) is 0. The number of hydrogen-bond acceptors (Lipinski definition) is 2. The van der Waals surface area contributed by atoms with Crippen LogP contribution >= 0.6 is 0 Å². The molecule has 1 saturated heterocycles. The predicted molar refractivity (Wildman–Crippen MR) is 85.2 cm³/mol. The maximum atomic E-state index is 12.4. The molecule has 0 bridgehead atoms. The molecule has 0 spiro atoms. The van der Waals surface area contributed by atoms with Crippen LogP contribution in [0.15, 0.2) is 54.6 Å². The Kier molecular flexibility index (Phi) is 4.05. The minimum Gasteiger partial charge on any atom is -0.278 e. The van der Waals surface area contributed by atoms with Crippen LogP contribution in [0.1, 0.15) is 35.4 Å². The third kappa shape index (κ3) is 3.08. The molecular formula is C19H19NO2. The first-order valence-electron chi connectivity index (χ1n) is 7.57. The van der Waals surface area contributed by atoms with Gasteiger partial charge in [0.05, 0.1) is 6.54 Å². The summed E-state index contributed by atoms with van der Waals surface area (Å²) in [4.78, 5) is 26.1. The van der Waals surface area contributed by atoms with Gasteiger partial charge in [-0.1, -0.05) is 60.2 Å². The number of carbonyl (C=O) groups is 2. The average Bonchev–Trinajstić information content (AvgIpc) is 2.52. The highest BCUT2D eigenvalue weighted by atomic mass is 16.2. The first-order chi connectivity index (χ1) is 10.6. The van der Waals surface area contributed by atoms with Crippen LogP contribution in [-0.4, -0.2) is 16.7 Å². The summed E-state index contributed by atoms with van der Waals surface area (Å²) in [6.07, 6.45) is 0.809. The van der Waals surface area contributed by atoms with Crippen LogP contribution in [0.2, 0.25) is 0 Å². The maximum Gasteiger partial charge on any atom is 0.230 e. The monoisotopic (exact) mass is 293 g/mol. The Morgan fingerprint density at radius 2 is 1.50 bits per heavy atom. The molecule has 3 rings (SSSR count). The molecule has 112 valence electrons. The SMILES string of the molecule is Cc1ccc(C2CC(=O)N(Cc3ccccc3)C(=O)C2)cc1. The van der Waals surface area contributed by atoms with E-state index in [2.05, 4.69) is 0 Å². The highest BCUT2D eigenvalue weighted by Gasteiger charge is 2.33. The van der Waals surface area contributed by atoms with Crippen molar-refractivity contribution in [2.45, 2.75) is 32.2 Å². The number of benzene rings is 2. The predicted octanol–water partition coefficient (Wildman–Crippen LogP) is 3.43. The zero-order valence-electron chi connectivity index (χ0n) is 12.7. The topological polar surface area (TPSA) is 37.4 Å². The largest absolute Gasteiger partial charge is 0.278 e. The van der Waals surface area contributed by atoms with Crippen molar-refractivity contribution in [1.82, 2.24) is 4.90 Å². The first-order valence-corrected chi connectivity index (χ1v) is 7.57. The Balaban J connectivity index is 1.73. The van der Waals surface area contributed by atoms with E-state index >= 15 is 0 Å². The second kappa shape index (κ2) is 6.14. The molecule has 2 amide bonds. The lowest BCUT2D eigenvalue weighted by molar-refractivity contribution is -0.149. The van der Waals surface area contributed by atoms with Gasteiger partial charge >= 0.3 is 0 Å². The Morgan fingerprint density at radius 3 is 2.09 bits per heavy atom. The Labute approximate surface area is 130 Å². The van der Waals surface area contributed by atoms with Gasteiger partial charge in [-0.15, -0.1) is 0 Å². The summed E-state index contributed by atoms with van der Waals surface area (Å²) in [6, 6.07) is 17.7. The molecule has 1 aliphatic rings. The number of hydrogen-bond donors (Lipinski definition) is 0. The molecule has 0 unspecified atom stereocenters. The number of aryl methyl sites for hydroxylation is 1. The van der Waals surface area contributed by atoms with Crippen molar-refractivity contribution >= 4 is 11.8 Å². The van der Waals surface area contributed by atoms with Crippen molar-refractivity contribution in [3.63, 3.8) is 0 Å². The van der Waals surface area contributed by atoms with E-state index in [0.717, 1.165) is 11.1 Å². The lowest BCUT2D eigenvalue weighted by Gasteiger charge is -2.30. The smallest absolute Gasteiger partial charge is 0.230 e. The van der Waals surface area contributed by atoms with Crippen LogP contribution in [-0.2, 0) is 16.1 Å². The highest BCUT2D eigenvalue weighted by Crippen LogP contribution is 2.30. The fraction of sp³-hybridized carbons (Fsp3) is 0.263. The van der Waals surface area contributed by atoms with E-state index in [1.807, 2.05) is 61.5 Å². The summed E-state index contributed by atoms with van der Waals surface area (Å²) in [5.41, 5.74) is 3.24. The van der Waals surface area contributed by atoms with Gasteiger partial charge in [0.2, 0.25) is 11.8 Å². The van der Waals surface area contributed by atoms with Gasteiger partial charge in [-0.05, 0) is 18.1 Å². The van der Waals surface area contributed by atoms with E-state index in [9.17, 15) is 9.59 Å². The first kappa shape index (κ1) is 14.5. The van der Waals surface area contributed by atoms with Crippen LogP contribution < -0.4 is 0 Å². The highest BCUT2D eigenvalue weighted by molar-refractivity contribution is 5.98. The van der Waals surface area contributed by atoms with E-state index in [1.54, 1.807) is 0 Å². The average molecular weight is 293 g/mol. The fourth-order valence-corrected chi connectivity index (χ4v) is 2.87. The zero-order chi connectivity index (χ0) is 15.5. The molecule has 3 nitrogen and oxygen atoms in total. The summed E-state index contributed by atoms with van der Waals surface area (Å²) in [6.45, 7) is 2.40. The van der Waals surface area contributed by atoms with Gasteiger partial charge in [0.25, 0.3) is 0 Å². The number of imide groups is 1. The molecule has 0 atom stereocenters. The Hall–Kier alpha value is -2.42. The summed E-state index contributed by atoms with van der Waals surface area (Å²) < 4.78 is 0. The molecule has 3 heteroatoms. The van der Waals surface area contributed by atoms with Crippen LogP contribution in [0.3, 0.4) is 0 Å². The second-order valence-corrected chi connectivity index (χ2v) is 5.88. The third-order valence-corrected chi connectivity index (χ3v) is 4.18. The summed E-state index contributed by atoms with van der Waals surface area (Å²) in [5.74, 6) is -0.149. The molecular weight excluding hydrogens is 274 g/mol. The van der Waals surface area contributed by atoms with E-state index in [4.69, 9.17) is 0 Å². The van der Waals surface area contributed by atoms with Crippen LogP contribution in [0, 0.1) is 6.92 Å². The molecule has 2 aromatic carbocycles. The molecule has 1 fully saturated rings. The van der Waals surface area contributed by atoms with Crippen LogP contribution in [0.25, 0.3) is 0 Å². The summed E-state index contributed by atoms with van der Waals surface area (Å²) in [7, 11) is 0. The van der Waals surface area contributed by atoms with E-state index < -0.39 is 0 Å². The summed E-state index contributed by atoms with van der Waals surface area (Å²) >= 11 is 0. The van der Waals surface area contributed by atoms with Gasteiger partial charge in [-0.2, -0.15) is 0 Å². The number of nitrogens with zero attached hydrogens (tertiary/aromatic N) is 1. The molecule has 1 aliphatic heterocycles. The number of likely N-dealkylation sites (tertiary alicyclic amines) is 1. The number of carbonyl (C=O) groups excluding carboxylic acids is 2. The molecule has 22 heavy (non-hydrogen) atoms. The minimum absolute atomic E-state index is 0.00706. The second-order valence-electron chi connectivity index (χ2n) is 5.88. The van der Waals surface area contributed by atoms with Gasteiger partial charge in [-0.3, -0.25) is 14.5 Å². The van der Waals surface area contributed by atoms with E-state index in [0.29, 0.717) is 19.4 Å². The molecule has 1 heterocycles. The van der Waals surface area contributed by atoms with Crippen molar-refractivity contribution in [1.29, 1.82) is 0 Å². The normalized spacial score (nSPS) is 16.1. The molecule has 0 N–H and O–H groups in total. The number of amides is 2.